The van der Waals surface area contributed by atoms with E-state index in [0.717, 1.165) is 18.5 Å². The molecule has 0 aliphatic heterocycles. The lowest BCUT2D eigenvalue weighted by Crippen LogP contribution is -2.49. The van der Waals surface area contributed by atoms with E-state index >= 15 is 0 Å². The molecule has 0 aromatic carbocycles. The van der Waals surface area contributed by atoms with Gasteiger partial charge in [-0.2, -0.15) is 0 Å². The molecule has 2 rings (SSSR count). The zero-order chi connectivity index (χ0) is 13.2. The van der Waals surface area contributed by atoms with E-state index in [1.165, 1.54) is 44.9 Å². The van der Waals surface area contributed by atoms with Gasteiger partial charge in [-0.1, -0.05) is 31.9 Å². The van der Waals surface area contributed by atoms with Crippen LogP contribution in [0.4, 0.5) is 0 Å². The third-order valence-corrected chi connectivity index (χ3v) is 5.49. The van der Waals surface area contributed by atoms with E-state index in [2.05, 4.69) is 33.0 Å². The zero-order valence-electron chi connectivity index (χ0n) is 12.8. The molecule has 1 heteroatoms. The smallest absolute Gasteiger partial charge is 0.0169 e. The summed E-state index contributed by atoms with van der Waals surface area (Å²) in [5, 5.41) is 3.87. The second-order valence-electron chi connectivity index (χ2n) is 7.12. The molecule has 2 aliphatic rings. The van der Waals surface area contributed by atoms with E-state index in [9.17, 15) is 0 Å². The third kappa shape index (κ3) is 2.99. The lowest BCUT2D eigenvalue weighted by molar-refractivity contribution is 0.0367. The van der Waals surface area contributed by atoms with Crippen LogP contribution in [0.5, 0.6) is 0 Å². The first-order valence-electron chi connectivity index (χ1n) is 7.95. The molecule has 104 valence electrons. The SMILES string of the molecule is CCC(NCC1=C(C)CCCC1)C1CCC1(C)C. The topological polar surface area (TPSA) is 12.0 Å². The number of hydrogen-bond acceptors (Lipinski definition) is 1. The quantitative estimate of drug-likeness (QED) is 0.698. The standard InChI is InChI=1S/C17H31N/c1-5-16(15-10-11-17(15,3)4)18-12-14-9-7-6-8-13(14)2/h15-16,18H,5-12H2,1-4H3. The molecule has 0 amide bonds. The summed E-state index contributed by atoms with van der Waals surface area (Å²) in [5.74, 6) is 0.895. The van der Waals surface area contributed by atoms with Crippen LogP contribution in [-0.2, 0) is 0 Å². The summed E-state index contributed by atoms with van der Waals surface area (Å²) in [6.07, 6.45) is 9.60. The fraction of sp³-hybridized carbons (Fsp3) is 0.882. The van der Waals surface area contributed by atoms with Crippen molar-refractivity contribution in [3.8, 4) is 0 Å². The van der Waals surface area contributed by atoms with Crippen molar-refractivity contribution in [2.24, 2.45) is 11.3 Å². The predicted octanol–water partition coefficient (Wildman–Crippen LogP) is 4.68. The normalized spacial score (nSPS) is 29.0. The van der Waals surface area contributed by atoms with Crippen LogP contribution in [-0.4, -0.2) is 12.6 Å². The van der Waals surface area contributed by atoms with Crippen molar-refractivity contribution >= 4 is 0 Å². The molecule has 0 aromatic rings. The second kappa shape index (κ2) is 5.77. The summed E-state index contributed by atoms with van der Waals surface area (Å²) in [7, 11) is 0. The zero-order valence-corrected chi connectivity index (χ0v) is 12.8. The highest BCUT2D eigenvalue weighted by Gasteiger charge is 2.42. The van der Waals surface area contributed by atoms with Crippen molar-refractivity contribution in [2.75, 3.05) is 6.54 Å². The lowest BCUT2D eigenvalue weighted by Gasteiger charge is -2.49. The summed E-state index contributed by atoms with van der Waals surface area (Å²) in [6.45, 7) is 10.7. The molecule has 2 atom stereocenters. The van der Waals surface area contributed by atoms with Gasteiger partial charge in [0.1, 0.15) is 0 Å². The van der Waals surface area contributed by atoms with E-state index < -0.39 is 0 Å². The van der Waals surface area contributed by atoms with Gasteiger partial charge < -0.3 is 5.32 Å². The summed E-state index contributed by atoms with van der Waals surface area (Å²) >= 11 is 0. The van der Waals surface area contributed by atoms with Gasteiger partial charge >= 0.3 is 0 Å². The lowest BCUT2D eigenvalue weighted by atomic mass is 9.59. The fourth-order valence-electron chi connectivity index (χ4n) is 3.82. The molecule has 0 bridgehead atoms. The van der Waals surface area contributed by atoms with Gasteiger partial charge in [-0.05, 0) is 63.2 Å². The van der Waals surface area contributed by atoms with Crippen molar-refractivity contribution in [3.63, 3.8) is 0 Å². The van der Waals surface area contributed by atoms with Crippen LogP contribution in [0.2, 0.25) is 0 Å². The minimum absolute atomic E-state index is 0.573. The van der Waals surface area contributed by atoms with Gasteiger partial charge in [0.15, 0.2) is 0 Å². The van der Waals surface area contributed by atoms with Gasteiger partial charge in [-0.25, -0.2) is 0 Å². The molecular weight excluding hydrogens is 218 g/mol. The molecule has 1 nitrogen and oxygen atoms in total. The van der Waals surface area contributed by atoms with Crippen LogP contribution in [0, 0.1) is 11.3 Å². The molecule has 1 N–H and O–H groups in total. The Hall–Kier alpha value is -0.300. The highest BCUT2D eigenvalue weighted by atomic mass is 14.9. The van der Waals surface area contributed by atoms with Gasteiger partial charge in [0, 0.05) is 12.6 Å². The number of rotatable bonds is 5. The maximum absolute atomic E-state index is 3.87. The molecule has 2 aliphatic carbocycles. The Morgan fingerprint density at radius 3 is 2.50 bits per heavy atom. The number of nitrogens with one attached hydrogen (secondary N) is 1. The summed E-state index contributed by atoms with van der Waals surface area (Å²) < 4.78 is 0. The van der Waals surface area contributed by atoms with Crippen LogP contribution >= 0.6 is 0 Å². The number of hydrogen-bond donors (Lipinski definition) is 1. The largest absolute Gasteiger partial charge is 0.310 e. The summed E-state index contributed by atoms with van der Waals surface area (Å²) in [6, 6.07) is 0.732. The van der Waals surface area contributed by atoms with Gasteiger partial charge in [0.25, 0.3) is 0 Å². The molecule has 1 fully saturated rings. The first-order chi connectivity index (χ1) is 8.54. The maximum Gasteiger partial charge on any atom is 0.0169 e. The summed E-state index contributed by atoms with van der Waals surface area (Å²) in [5.41, 5.74) is 3.94. The number of allylic oxidation sites excluding steroid dienone is 1. The molecule has 0 saturated heterocycles. The first kappa shape index (κ1) is 14.1. The van der Waals surface area contributed by atoms with E-state index in [-0.39, 0.29) is 0 Å². The van der Waals surface area contributed by atoms with Crippen LogP contribution in [0.1, 0.15) is 72.6 Å². The fourth-order valence-corrected chi connectivity index (χ4v) is 3.82. The molecular formula is C17H31N. The molecule has 0 spiro atoms. The molecule has 2 unspecified atom stereocenters. The maximum atomic E-state index is 3.87. The van der Waals surface area contributed by atoms with Crippen molar-refractivity contribution in [1.29, 1.82) is 0 Å². The average molecular weight is 249 g/mol. The summed E-state index contributed by atoms with van der Waals surface area (Å²) in [4.78, 5) is 0. The molecule has 1 saturated carbocycles. The predicted molar refractivity (Wildman–Crippen MR) is 79.8 cm³/mol. The second-order valence-corrected chi connectivity index (χ2v) is 7.12. The van der Waals surface area contributed by atoms with E-state index in [4.69, 9.17) is 0 Å². The Kier molecular flexibility index (Phi) is 4.53. The molecule has 0 heterocycles. The van der Waals surface area contributed by atoms with Gasteiger partial charge in [0.2, 0.25) is 0 Å². The van der Waals surface area contributed by atoms with Crippen LogP contribution < -0.4 is 5.32 Å². The Balaban J connectivity index is 1.88. The van der Waals surface area contributed by atoms with Crippen molar-refractivity contribution in [3.05, 3.63) is 11.1 Å². The molecule has 0 radical (unpaired) electrons. The van der Waals surface area contributed by atoms with Crippen LogP contribution in [0.15, 0.2) is 11.1 Å². The Bertz CT molecular complexity index is 314. The highest BCUT2D eigenvalue weighted by Crippen LogP contribution is 2.48. The minimum atomic E-state index is 0.573. The molecule has 0 aromatic heterocycles. The van der Waals surface area contributed by atoms with Crippen molar-refractivity contribution < 1.29 is 0 Å². The highest BCUT2D eigenvalue weighted by molar-refractivity contribution is 5.16. The van der Waals surface area contributed by atoms with Crippen molar-refractivity contribution in [1.82, 2.24) is 5.32 Å². The Morgan fingerprint density at radius 2 is 2.00 bits per heavy atom. The van der Waals surface area contributed by atoms with Gasteiger partial charge in [-0.3, -0.25) is 0 Å². The molecule has 18 heavy (non-hydrogen) atoms. The first-order valence-corrected chi connectivity index (χ1v) is 7.95. The van der Waals surface area contributed by atoms with Crippen LogP contribution in [0.25, 0.3) is 0 Å². The van der Waals surface area contributed by atoms with Crippen LogP contribution in [0.3, 0.4) is 0 Å². The Labute approximate surface area is 113 Å². The van der Waals surface area contributed by atoms with Gasteiger partial charge in [-0.15, -0.1) is 0 Å². The van der Waals surface area contributed by atoms with E-state index in [1.54, 1.807) is 11.1 Å². The van der Waals surface area contributed by atoms with E-state index in [1.807, 2.05) is 0 Å². The monoisotopic (exact) mass is 249 g/mol. The van der Waals surface area contributed by atoms with Gasteiger partial charge in [0.05, 0.1) is 0 Å². The van der Waals surface area contributed by atoms with Crippen molar-refractivity contribution in [2.45, 2.75) is 78.7 Å². The van der Waals surface area contributed by atoms with E-state index in [0.29, 0.717) is 5.41 Å². The average Bonchev–Trinajstić information content (AvgIpc) is 2.34. The Morgan fingerprint density at radius 1 is 1.28 bits per heavy atom. The third-order valence-electron chi connectivity index (χ3n) is 5.49. The minimum Gasteiger partial charge on any atom is -0.310 e.